The van der Waals surface area contributed by atoms with Crippen molar-refractivity contribution in [3.05, 3.63) is 0 Å². The third kappa shape index (κ3) is 4.11. The minimum atomic E-state index is -0.397. The Morgan fingerprint density at radius 3 is 1.90 bits per heavy atom. The van der Waals surface area contributed by atoms with Crippen LogP contribution in [0.15, 0.2) is 0 Å². The minimum absolute atomic E-state index is 0.126. The largest absolute Gasteiger partial charge is 0.444 e. The van der Waals surface area contributed by atoms with E-state index in [4.69, 9.17) is 4.74 Å². The third-order valence-electron chi connectivity index (χ3n) is 3.85. The van der Waals surface area contributed by atoms with E-state index in [2.05, 4.69) is 18.7 Å². The number of piperazine rings is 1. The van der Waals surface area contributed by atoms with Crippen LogP contribution in [0.2, 0.25) is 0 Å². The predicted molar refractivity (Wildman–Crippen MR) is 82.9 cm³/mol. The number of rotatable bonds is 1. The number of hydrogen-bond acceptors (Lipinski definition) is 3. The topological polar surface area (TPSA) is 32.8 Å². The summed E-state index contributed by atoms with van der Waals surface area (Å²) in [6, 6.07) is 1.26. The molecule has 0 spiro atoms. The van der Waals surface area contributed by atoms with Gasteiger partial charge in [-0.1, -0.05) is 13.8 Å². The highest BCUT2D eigenvalue weighted by molar-refractivity contribution is 5.69. The first-order chi connectivity index (χ1) is 9.28. The van der Waals surface area contributed by atoms with Crippen molar-refractivity contribution in [3.63, 3.8) is 0 Å². The summed E-state index contributed by atoms with van der Waals surface area (Å²) in [6.07, 6.45) is 2.11. The Morgan fingerprint density at radius 2 is 1.55 bits per heavy atom. The number of likely N-dealkylation sites (tertiary alicyclic amines) is 1. The van der Waals surface area contributed by atoms with Crippen LogP contribution in [0.5, 0.6) is 0 Å². The molecule has 0 aliphatic carbocycles. The Balaban J connectivity index is 0.000000956. The van der Waals surface area contributed by atoms with Crippen LogP contribution in [0.1, 0.15) is 61.3 Å². The van der Waals surface area contributed by atoms with Crippen molar-refractivity contribution in [1.82, 2.24) is 9.80 Å². The lowest BCUT2D eigenvalue weighted by Crippen LogP contribution is -2.58. The van der Waals surface area contributed by atoms with Gasteiger partial charge in [0.2, 0.25) is 0 Å². The van der Waals surface area contributed by atoms with E-state index in [0.29, 0.717) is 18.1 Å². The molecule has 2 bridgehead atoms. The van der Waals surface area contributed by atoms with Gasteiger partial charge in [0.25, 0.3) is 0 Å². The first-order valence-electron chi connectivity index (χ1n) is 8.03. The van der Waals surface area contributed by atoms with Crippen molar-refractivity contribution in [2.24, 2.45) is 0 Å². The molecule has 2 atom stereocenters. The lowest BCUT2D eigenvalue weighted by Gasteiger charge is -2.42. The SMILES string of the molecule is CC.CC(C)N1CC2CCC(C1)N2C(=O)OC(C)(C)C. The summed E-state index contributed by atoms with van der Waals surface area (Å²) < 4.78 is 5.52. The number of carbonyl (C=O) groups is 1. The number of ether oxygens (including phenoxy) is 1. The fourth-order valence-corrected chi connectivity index (χ4v) is 2.97. The lowest BCUT2D eigenvalue weighted by molar-refractivity contribution is -0.00864. The summed E-state index contributed by atoms with van der Waals surface area (Å²) in [5.74, 6) is 0. The van der Waals surface area contributed by atoms with Crippen molar-refractivity contribution < 1.29 is 9.53 Å². The van der Waals surface area contributed by atoms with E-state index in [9.17, 15) is 4.79 Å². The smallest absolute Gasteiger partial charge is 0.410 e. The van der Waals surface area contributed by atoms with Crippen LogP contribution >= 0.6 is 0 Å². The summed E-state index contributed by atoms with van der Waals surface area (Å²) in [5, 5.41) is 0. The maximum atomic E-state index is 12.2. The second-order valence-corrected chi connectivity index (χ2v) is 6.82. The zero-order valence-corrected chi connectivity index (χ0v) is 14.3. The van der Waals surface area contributed by atoms with Crippen LogP contribution in [0.4, 0.5) is 4.79 Å². The summed E-state index contributed by atoms with van der Waals surface area (Å²) in [7, 11) is 0. The Bertz CT molecular complexity index is 309. The summed E-state index contributed by atoms with van der Waals surface area (Å²) in [6.45, 7) is 16.2. The van der Waals surface area contributed by atoms with E-state index >= 15 is 0 Å². The molecule has 2 aliphatic rings. The van der Waals surface area contributed by atoms with Crippen LogP contribution in [-0.4, -0.2) is 52.7 Å². The van der Waals surface area contributed by atoms with Crippen molar-refractivity contribution in [1.29, 1.82) is 0 Å². The van der Waals surface area contributed by atoms with E-state index in [1.54, 1.807) is 0 Å². The number of carbonyl (C=O) groups excluding carboxylic acids is 1. The summed E-state index contributed by atoms with van der Waals surface area (Å²) in [5.41, 5.74) is -0.397. The Hall–Kier alpha value is -0.770. The molecule has 2 fully saturated rings. The highest BCUT2D eigenvalue weighted by Gasteiger charge is 2.44. The Morgan fingerprint density at radius 1 is 1.10 bits per heavy atom. The second-order valence-electron chi connectivity index (χ2n) is 6.82. The highest BCUT2D eigenvalue weighted by atomic mass is 16.6. The third-order valence-corrected chi connectivity index (χ3v) is 3.85. The molecule has 2 heterocycles. The van der Waals surface area contributed by atoms with Crippen LogP contribution < -0.4 is 0 Å². The molecule has 4 nitrogen and oxygen atoms in total. The number of hydrogen-bond donors (Lipinski definition) is 0. The predicted octanol–water partition coefficient (Wildman–Crippen LogP) is 3.50. The normalized spacial score (nSPS) is 26.3. The molecule has 0 saturated carbocycles. The number of amides is 1. The minimum Gasteiger partial charge on any atom is -0.444 e. The van der Waals surface area contributed by atoms with Gasteiger partial charge in [-0.2, -0.15) is 0 Å². The number of nitrogens with zero attached hydrogens (tertiary/aromatic N) is 2. The molecule has 2 unspecified atom stereocenters. The Kier molecular flexibility index (Phi) is 5.87. The van der Waals surface area contributed by atoms with E-state index < -0.39 is 5.60 Å². The monoisotopic (exact) mass is 284 g/mol. The quantitative estimate of drug-likeness (QED) is 0.739. The summed E-state index contributed by atoms with van der Waals surface area (Å²) >= 11 is 0. The molecule has 0 aromatic heterocycles. The maximum absolute atomic E-state index is 12.2. The summed E-state index contributed by atoms with van der Waals surface area (Å²) in [4.78, 5) is 16.7. The molecule has 0 N–H and O–H groups in total. The van der Waals surface area contributed by atoms with Gasteiger partial charge in [-0.25, -0.2) is 4.79 Å². The van der Waals surface area contributed by atoms with Gasteiger partial charge in [-0.05, 0) is 47.5 Å². The molecular formula is C16H32N2O2. The van der Waals surface area contributed by atoms with E-state index in [0.717, 1.165) is 25.9 Å². The van der Waals surface area contributed by atoms with Crippen molar-refractivity contribution in [3.8, 4) is 0 Å². The lowest BCUT2D eigenvalue weighted by atomic mass is 10.1. The fraction of sp³-hybridized carbons (Fsp3) is 0.938. The van der Waals surface area contributed by atoms with Gasteiger partial charge in [0.1, 0.15) is 5.60 Å². The second kappa shape index (κ2) is 6.79. The molecule has 2 aliphatic heterocycles. The molecule has 0 radical (unpaired) electrons. The van der Waals surface area contributed by atoms with Crippen molar-refractivity contribution >= 4 is 6.09 Å². The molecule has 118 valence electrons. The van der Waals surface area contributed by atoms with E-state index in [1.807, 2.05) is 39.5 Å². The molecule has 2 rings (SSSR count). The van der Waals surface area contributed by atoms with E-state index in [1.165, 1.54) is 0 Å². The highest BCUT2D eigenvalue weighted by Crippen LogP contribution is 2.32. The maximum Gasteiger partial charge on any atom is 0.410 e. The van der Waals surface area contributed by atoms with Crippen LogP contribution in [0.3, 0.4) is 0 Å². The molecule has 0 aromatic carbocycles. The van der Waals surface area contributed by atoms with Crippen LogP contribution in [-0.2, 0) is 4.74 Å². The molecule has 1 amide bonds. The van der Waals surface area contributed by atoms with Gasteiger partial charge < -0.3 is 4.74 Å². The van der Waals surface area contributed by atoms with Crippen LogP contribution in [0, 0.1) is 0 Å². The molecule has 4 heteroatoms. The fourth-order valence-electron chi connectivity index (χ4n) is 2.97. The first kappa shape index (κ1) is 17.3. The Labute approximate surface area is 124 Å². The zero-order chi connectivity index (χ0) is 15.5. The van der Waals surface area contributed by atoms with Gasteiger partial charge >= 0.3 is 6.09 Å². The molecule has 2 saturated heterocycles. The van der Waals surface area contributed by atoms with Crippen molar-refractivity contribution in [2.75, 3.05) is 13.1 Å². The van der Waals surface area contributed by atoms with Gasteiger partial charge in [-0.15, -0.1) is 0 Å². The average molecular weight is 284 g/mol. The van der Waals surface area contributed by atoms with Gasteiger partial charge in [0, 0.05) is 31.2 Å². The van der Waals surface area contributed by atoms with Gasteiger partial charge in [0.15, 0.2) is 0 Å². The van der Waals surface area contributed by atoms with Gasteiger partial charge in [0.05, 0.1) is 0 Å². The average Bonchev–Trinajstić information content (AvgIpc) is 2.60. The van der Waals surface area contributed by atoms with Gasteiger partial charge in [-0.3, -0.25) is 9.80 Å². The standard InChI is InChI=1S/C14H26N2O2.C2H6/c1-10(2)15-8-11-6-7-12(9-15)16(11)13(17)18-14(3,4)5;1-2/h10-12H,6-9H2,1-5H3;1-2H3. The molecular weight excluding hydrogens is 252 g/mol. The molecule has 0 aromatic rings. The first-order valence-corrected chi connectivity index (χ1v) is 8.03. The zero-order valence-electron chi connectivity index (χ0n) is 14.3. The van der Waals surface area contributed by atoms with Crippen LogP contribution in [0.25, 0.3) is 0 Å². The number of fused-ring (bicyclic) bond motifs is 2. The molecule has 20 heavy (non-hydrogen) atoms. The van der Waals surface area contributed by atoms with Crippen molar-refractivity contribution in [2.45, 2.75) is 85.0 Å². The van der Waals surface area contributed by atoms with E-state index in [-0.39, 0.29) is 6.09 Å².